The number of sulfone groups is 1. The molecule has 1 spiro atoms. The van der Waals surface area contributed by atoms with Crippen LogP contribution in [-0.2, 0) is 14.6 Å². The van der Waals surface area contributed by atoms with Crippen LogP contribution in [0.1, 0.15) is 37.7 Å². The molecule has 1 aliphatic carbocycles. The van der Waals surface area contributed by atoms with Crippen molar-refractivity contribution in [1.82, 2.24) is 0 Å². The van der Waals surface area contributed by atoms with Crippen LogP contribution in [-0.4, -0.2) is 25.9 Å². The molecule has 3 rings (SSSR count). The van der Waals surface area contributed by atoms with Crippen molar-refractivity contribution >= 4 is 15.5 Å². The number of nitrogen functional groups attached to an aromatic ring is 1. The van der Waals surface area contributed by atoms with Crippen LogP contribution in [0.25, 0.3) is 0 Å². The molecule has 1 heterocycles. The minimum Gasteiger partial charge on any atom is -0.399 e. The SMILES string of the molecule is Cc1cc(S(=O)(=O)C2CCOC3(CCC3)C2)ccc1N. The van der Waals surface area contributed by atoms with Crippen molar-refractivity contribution in [3.63, 3.8) is 0 Å². The Morgan fingerprint density at radius 2 is 2.10 bits per heavy atom. The van der Waals surface area contributed by atoms with Gasteiger partial charge in [-0.2, -0.15) is 0 Å². The molecule has 1 saturated heterocycles. The van der Waals surface area contributed by atoms with Crippen LogP contribution in [0.4, 0.5) is 5.69 Å². The van der Waals surface area contributed by atoms with Crippen molar-refractivity contribution < 1.29 is 13.2 Å². The number of rotatable bonds is 2. The number of nitrogens with two attached hydrogens (primary N) is 1. The van der Waals surface area contributed by atoms with Gasteiger partial charge in [0.2, 0.25) is 0 Å². The highest BCUT2D eigenvalue weighted by molar-refractivity contribution is 7.92. The van der Waals surface area contributed by atoms with Gasteiger partial charge in [0.05, 0.1) is 15.7 Å². The van der Waals surface area contributed by atoms with E-state index in [1.165, 1.54) is 0 Å². The second-order valence-electron chi connectivity index (χ2n) is 6.06. The van der Waals surface area contributed by atoms with Gasteiger partial charge in [-0.25, -0.2) is 8.42 Å². The highest BCUT2D eigenvalue weighted by Crippen LogP contribution is 2.44. The Labute approximate surface area is 120 Å². The lowest BCUT2D eigenvalue weighted by Crippen LogP contribution is -2.49. The minimum atomic E-state index is -3.28. The molecule has 1 aromatic rings. The van der Waals surface area contributed by atoms with E-state index in [0.29, 0.717) is 30.0 Å². The fraction of sp³-hybridized carbons (Fsp3) is 0.600. The number of hydrogen-bond donors (Lipinski definition) is 1. The van der Waals surface area contributed by atoms with Crippen LogP contribution in [0.2, 0.25) is 0 Å². The standard InChI is InChI=1S/C15H21NO3S/c1-11-9-12(3-4-14(11)16)20(17,18)13-5-8-19-15(10-13)6-2-7-15/h3-4,9,13H,2,5-8,10,16H2,1H3. The van der Waals surface area contributed by atoms with Crippen LogP contribution in [0.3, 0.4) is 0 Å². The zero-order chi connectivity index (χ0) is 14.4. The van der Waals surface area contributed by atoms with Gasteiger partial charge < -0.3 is 10.5 Å². The molecule has 0 bridgehead atoms. The topological polar surface area (TPSA) is 69.4 Å². The largest absolute Gasteiger partial charge is 0.399 e. The van der Waals surface area contributed by atoms with E-state index in [-0.39, 0.29) is 10.9 Å². The van der Waals surface area contributed by atoms with Gasteiger partial charge >= 0.3 is 0 Å². The first-order chi connectivity index (χ1) is 9.43. The highest BCUT2D eigenvalue weighted by atomic mass is 32.2. The predicted octanol–water partition coefficient (Wildman–Crippen LogP) is 2.45. The lowest BCUT2D eigenvalue weighted by atomic mass is 9.75. The molecule has 0 amide bonds. The minimum absolute atomic E-state index is 0.154. The molecule has 2 fully saturated rings. The summed E-state index contributed by atoms with van der Waals surface area (Å²) in [5.41, 5.74) is 7.06. The highest BCUT2D eigenvalue weighted by Gasteiger charge is 2.46. The number of ether oxygens (including phenoxy) is 1. The Kier molecular flexibility index (Phi) is 3.29. The average Bonchev–Trinajstić information content (AvgIpc) is 2.40. The summed E-state index contributed by atoms with van der Waals surface area (Å²) >= 11 is 0. The van der Waals surface area contributed by atoms with Gasteiger partial charge in [-0.05, 0) is 62.8 Å². The first-order valence-corrected chi connectivity index (χ1v) is 8.72. The van der Waals surface area contributed by atoms with E-state index >= 15 is 0 Å². The Bertz CT molecular complexity index is 620. The van der Waals surface area contributed by atoms with E-state index in [2.05, 4.69) is 0 Å². The third kappa shape index (κ3) is 2.23. The van der Waals surface area contributed by atoms with Crippen LogP contribution < -0.4 is 5.73 Å². The maximum Gasteiger partial charge on any atom is 0.181 e. The molecule has 0 radical (unpaired) electrons. The summed E-state index contributed by atoms with van der Waals surface area (Å²) < 4.78 is 31.4. The zero-order valence-corrected chi connectivity index (χ0v) is 12.6. The van der Waals surface area contributed by atoms with Crippen LogP contribution >= 0.6 is 0 Å². The molecular weight excluding hydrogens is 274 g/mol. The van der Waals surface area contributed by atoms with Gasteiger partial charge in [0.15, 0.2) is 9.84 Å². The zero-order valence-electron chi connectivity index (χ0n) is 11.8. The molecule has 1 atom stereocenters. The molecular formula is C15H21NO3S. The van der Waals surface area contributed by atoms with Crippen molar-refractivity contribution in [2.45, 2.75) is 54.8 Å². The van der Waals surface area contributed by atoms with Crippen molar-refractivity contribution in [3.8, 4) is 0 Å². The molecule has 1 saturated carbocycles. The molecule has 2 N–H and O–H groups in total. The van der Waals surface area contributed by atoms with E-state index < -0.39 is 9.84 Å². The fourth-order valence-electron chi connectivity index (χ4n) is 3.18. The van der Waals surface area contributed by atoms with Crippen molar-refractivity contribution in [1.29, 1.82) is 0 Å². The summed E-state index contributed by atoms with van der Waals surface area (Å²) in [5.74, 6) is 0. The lowest BCUT2D eigenvalue weighted by Gasteiger charge is -2.46. The quantitative estimate of drug-likeness (QED) is 0.851. The van der Waals surface area contributed by atoms with E-state index in [1.807, 2.05) is 6.92 Å². The van der Waals surface area contributed by atoms with Gasteiger partial charge in [-0.15, -0.1) is 0 Å². The fourth-order valence-corrected chi connectivity index (χ4v) is 5.10. The van der Waals surface area contributed by atoms with E-state index in [4.69, 9.17) is 10.5 Å². The van der Waals surface area contributed by atoms with Crippen LogP contribution in [0, 0.1) is 6.92 Å². The monoisotopic (exact) mass is 295 g/mol. The maximum absolute atomic E-state index is 12.8. The number of benzene rings is 1. The first kappa shape index (κ1) is 13.9. The van der Waals surface area contributed by atoms with Crippen LogP contribution in [0.5, 0.6) is 0 Å². The summed E-state index contributed by atoms with van der Waals surface area (Å²) in [6, 6.07) is 4.99. The van der Waals surface area contributed by atoms with Gasteiger partial charge in [0.25, 0.3) is 0 Å². The van der Waals surface area contributed by atoms with Crippen molar-refractivity contribution in [2.75, 3.05) is 12.3 Å². The van der Waals surface area contributed by atoms with E-state index in [9.17, 15) is 8.42 Å². The molecule has 1 aromatic carbocycles. The lowest BCUT2D eigenvalue weighted by molar-refractivity contribution is -0.125. The Hall–Kier alpha value is -1.07. The summed E-state index contributed by atoms with van der Waals surface area (Å²) in [6.07, 6.45) is 4.37. The smallest absolute Gasteiger partial charge is 0.181 e. The summed E-state index contributed by atoms with van der Waals surface area (Å²) in [4.78, 5) is 0.394. The molecule has 1 unspecified atom stereocenters. The number of aryl methyl sites for hydroxylation is 1. The van der Waals surface area contributed by atoms with Gasteiger partial charge in [-0.3, -0.25) is 0 Å². The Balaban J connectivity index is 1.89. The molecule has 20 heavy (non-hydrogen) atoms. The maximum atomic E-state index is 12.8. The molecule has 110 valence electrons. The van der Waals surface area contributed by atoms with E-state index in [0.717, 1.165) is 24.8 Å². The van der Waals surface area contributed by atoms with Crippen LogP contribution in [0.15, 0.2) is 23.1 Å². The Morgan fingerprint density at radius 3 is 2.70 bits per heavy atom. The summed E-state index contributed by atoms with van der Waals surface area (Å²) in [6.45, 7) is 2.39. The summed E-state index contributed by atoms with van der Waals surface area (Å²) in [7, 11) is -3.28. The first-order valence-electron chi connectivity index (χ1n) is 7.17. The molecule has 4 nitrogen and oxygen atoms in total. The third-order valence-electron chi connectivity index (χ3n) is 4.72. The normalized spacial score (nSPS) is 25.4. The van der Waals surface area contributed by atoms with Gasteiger partial charge in [0, 0.05) is 12.3 Å². The third-order valence-corrected chi connectivity index (χ3v) is 6.91. The van der Waals surface area contributed by atoms with Crippen molar-refractivity contribution in [2.24, 2.45) is 0 Å². The molecule has 5 heteroatoms. The average molecular weight is 295 g/mol. The second kappa shape index (κ2) is 4.74. The molecule has 1 aliphatic heterocycles. The van der Waals surface area contributed by atoms with Gasteiger partial charge in [-0.1, -0.05) is 0 Å². The second-order valence-corrected chi connectivity index (χ2v) is 8.29. The molecule has 0 aromatic heterocycles. The molecule has 2 aliphatic rings. The summed E-state index contributed by atoms with van der Waals surface area (Å²) in [5, 5.41) is -0.320. The number of hydrogen-bond acceptors (Lipinski definition) is 4. The Morgan fingerprint density at radius 1 is 1.35 bits per heavy atom. The predicted molar refractivity (Wildman–Crippen MR) is 78.3 cm³/mol. The van der Waals surface area contributed by atoms with Gasteiger partial charge in [0.1, 0.15) is 0 Å². The number of anilines is 1. The van der Waals surface area contributed by atoms with E-state index in [1.54, 1.807) is 18.2 Å². The van der Waals surface area contributed by atoms with Crippen molar-refractivity contribution in [3.05, 3.63) is 23.8 Å².